The van der Waals surface area contributed by atoms with Gasteiger partial charge in [-0.15, -0.1) is 0 Å². The van der Waals surface area contributed by atoms with E-state index in [9.17, 15) is 9.59 Å². The number of fused-ring (bicyclic) bond motifs is 1. The number of imidazole rings is 1. The van der Waals surface area contributed by atoms with Crippen LogP contribution in [0.5, 0.6) is 5.75 Å². The third kappa shape index (κ3) is 6.09. The molecule has 42 heavy (non-hydrogen) atoms. The van der Waals surface area contributed by atoms with Crippen molar-refractivity contribution in [1.82, 2.24) is 19.3 Å². The van der Waals surface area contributed by atoms with E-state index in [1.807, 2.05) is 24.3 Å². The summed E-state index contributed by atoms with van der Waals surface area (Å²) in [4.78, 5) is 38.0. The van der Waals surface area contributed by atoms with Crippen LogP contribution in [-0.2, 0) is 11.3 Å². The van der Waals surface area contributed by atoms with E-state index in [0.29, 0.717) is 40.3 Å². The van der Waals surface area contributed by atoms with E-state index in [1.165, 1.54) is 6.08 Å². The molecule has 2 aromatic heterocycles. The van der Waals surface area contributed by atoms with Gasteiger partial charge in [0.1, 0.15) is 11.3 Å². The zero-order chi connectivity index (χ0) is 29.8. The number of benzene rings is 2. The Kier molecular flexibility index (Phi) is 8.46. The predicted octanol–water partition coefficient (Wildman–Crippen LogP) is 3.72. The monoisotopic (exact) mass is 589 g/mol. The van der Waals surface area contributed by atoms with Crippen LogP contribution in [0.25, 0.3) is 5.65 Å². The number of halogens is 1. The minimum atomic E-state index is -0.672. The standard InChI is InChI=1S/C29H32ClN9O3/c1-4-24(40)35-21-15-18(5-7-20(21)30)17-33-29-36-27(25(26(31)41)28-32-9-10-39(28)29)34-19-6-8-22(23(16-19)42-3)38-13-11-37(2)12-14-38/h4-10,15-16,34H,1,11-14,17H2,2-3H3,(H2,31,41)(H,33,36)(H,35,40). The molecule has 0 unspecified atom stereocenters. The molecule has 12 nitrogen and oxygen atoms in total. The Morgan fingerprint density at radius 1 is 1.17 bits per heavy atom. The highest BCUT2D eigenvalue weighted by atomic mass is 35.5. The van der Waals surface area contributed by atoms with Gasteiger partial charge >= 0.3 is 0 Å². The molecule has 0 radical (unpaired) electrons. The van der Waals surface area contributed by atoms with E-state index in [4.69, 9.17) is 27.1 Å². The molecule has 1 saturated heterocycles. The van der Waals surface area contributed by atoms with Crippen LogP contribution in [0.4, 0.5) is 28.8 Å². The highest BCUT2D eigenvalue weighted by Gasteiger charge is 2.22. The van der Waals surface area contributed by atoms with Gasteiger partial charge in [0.15, 0.2) is 11.5 Å². The normalized spacial score (nSPS) is 13.5. The van der Waals surface area contributed by atoms with Gasteiger partial charge in [-0.25, -0.2) is 4.98 Å². The Labute approximate surface area is 248 Å². The number of aromatic nitrogens is 3. The summed E-state index contributed by atoms with van der Waals surface area (Å²) in [6.07, 6.45) is 4.43. The second-order valence-electron chi connectivity index (χ2n) is 9.81. The molecule has 4 aromatic rings. The summed E-state index contributed by atoms with van der Waals surface area (Å²) in [5, 5.41) is 9.62. The fourth-order valence-electron chi connectivity index (χ4n) is 4.77. The quantitative estimate of drug-likeness (QED) is 0.204. The molecule has 0 saturated carbocycles. The van der Waals surface area contributed by atoms with Gasteiger partial charge < -0.3 is 36.2 Å². The average molecular weight is 590 g/mol. The summed E-state index contributed by atoms with van der Waals surface area (Å²) < 4.78 is 7.37. The first-order chi connectivity index (χ1) is 20.3. The molecule has 2 amide bonds. The average Bonchev–Trinajstić information content (AvgIpc) is 3.47. The Morgan fingerprint density at radius 3 is 2.67 bits per heavy atom. The van der Waals surface area contributed by atoms with Crippen molar-refractivity contribution in [1.29, 1.82) is 0 Å². The first kappa shape index (κ1) is 28.7. The van der Waals surface area contributed by atoms with Crippen LogP contribution < -0.4 is 31.3 Å². The van der Waals surface area contributed by atoms with Crippen LogP contribution in [0.3, 0.4) is 0 Å². The highest BCUT2D eigenvalue weighted by molar-refractivity contribution is 6.33. The van der Waals surface area contributed by atoms with Crippen LogP contribution in [-0.4, -0.2) is 71.4 Å². The van der Waals surface area contributed by atoms with E-state index in [-0.39, 0.29) is 17.3 Å². The fraction of sp³-hybridized carbons (Fsp3) is 0.241. The summed E-state index contributed by atoms with van der Waals surface area (Å²) >= 11 is 6.24. The lowest BCUT2D eigenvalue weighted by Gasteiger charge is -2.34. The van der Waals surface area contributed by atoms with E-state index in [2.05, 4.69) is 44.4 Å². The maximum Gasteiger partial charge on any atom is 0.256 e. The number of nitrogens with one attached hydrogen (secondary N) is 3. The highest BCUT2D eigenvalue weighted by Crippen LogP contribution is 2.34. The van der Waals surface area contributed by atoms with Gasteiger partial charge in [0, 0.05) is 56.9 Å². The molecule has 1 aliphatic rings. The smallest absolute Gasteiger partial charge is 0.256 e. The van der Waals surface area contributed by atoms with Gasteiger partial charge in [0.25, 0.3) is 5.91 Å². The summed E-state index contributed by atoms with van der Waals surface area (Å²) in [6.45, 7) is 7.53. The van der Waals surface area contributed by atoms with Gasteiger partial charge in [-0.2, -0.15) is 4.98 Å². The largest absolute Gasteiger partial charge is 0.495 e. The van der Waals surface area contributed by atoms with Crippen molar-refractivity contribution in [3.05, 3.63) is 77.6 Å². The lowest BCUT2D eigenvalue weighted by atomic mass is 10.2. The number of ether oxygens (including phenoxy) is 1. The fourth-order valence-corrected chi connectivity index (χ4v) is 4.93. The SMILES string of the molecule is C=CC(=O)Nc1cc(CNc2nc(Nc3ccc(N4CCN(C)CC4)c(OC)c3)c(C(N)=O)c3nccn23)ccc1Cl. The number of hydrogen-bond donors (Lipinski definition) is 4. The van der Waals surface area contributed by atoms with Crippen LogP contribution in [0.1, 0.15) is 15.9 Å². The number of anilines is 5. The summed E-state index contributed by atoms with van der Waals surface area (Å²) in [6, 6.07) is 11.1. The van der Waals surface area contributed by atoms with Crippen molar-refractivity contribution >= 4 is 57.9 Å². The summed E-state index contributed by atoms with van der Waals surface area (Å²) in [7, 11) is 3.75. The molecule has 0 bridgehead atoms. The van der Waals surface area contributed by atoms with Crippen LogP contribution in [0.2, 0.25) is 5.02 Å². The van der Waals surface area contributed by atoms with Crippen molar-refractivity contribution < 1.29 is 14.3 Å². The van der Waals surface area contributed by atoms with E-state index >= 15 is 0 Å². The number of nitrogens with zero attached hydrogens (tertiary/aromatic N) is 5. The van der Waals surface area contributed by atoms with Crippen molar-refractivity contribution in [3.8, 4) is 5.75 Å². The predicted molar refractivity (Wildman–Crippen MR) is 165 cm³/mol. The van der Waals surface area contributed by atoms with Gasteiger partial charge in [0.05, 0.1) is 23.5 Å². The topological polar surface area (TPSA) is 142 Å². The van der Waals surface area contributed by atoms with Gasteiger partial charge in [-0.05, 0) is 43.0 Å². The van der Waals surface area contributed by atoms with Crippen molar-refractivity contribution in [2.45, 2.75) is 6.54 Å². The molecule has 5 N–H and O–H groups in total. The molecular formula is C29H32ClN9O3. The number of rotatable bonds is 10. The Hall–Kier alpha value is -4.81. The van der Waals surface area contributed by atoms with Gasteiger partial charge in [0.2, 0.25) is 11.9 Å². The lowest BCUT2D eigenvalue weighted by molar-refractivity contribution is -0.111. The first-order valence-corrected chi connectivity index (χ1v) is 13.7. The number of methoxy groups -OCH3 is 1. The zero-order valence-electron chi connectivity index (χ0n) is 23.4. The third-order valence-electron chi connectivity index (χ3n) is 7.00. The maximum atomic E-state index is 12.6. The van der Waals surface area contributed by atoms with Gasteiger partial charge in [-0.3, -0.25) is 14.0 Å². The molecule has 13 heteroatoms. The summed E-state index contributed by atoms with van der Waals surface area (Å²) in [5.74, 6) is 0.326. The number of likely N-dealkylation sites (N-methyl/N-ethyl adjacent to an activating group) is 1. The lowest BCUT2D eigenvalue weighted by Crippen LogP contribution is -2.44. The second kappa shape index (κ2) is 12.4. The Morgan fingerprint density at radius 2 is 1.95 bits per heavy atom. The number of piperazine rings is 1. The number of nitrogens with two attached hydrogens (primary N) is 1. The maximum absolute atomic E-state index is 12.6. The molecule has 1 aliphatic heterocycles. The molecule has 0 spiro atoms. The van der Waals surface area contributed by atoms with Crippen molar-refractivity contribution in [2.24, 2.45) is 5.73 Å². The van der Waals surface area contributed by atoms with Crippen LogP contribution >= 0.6 is 11.6 Å². The Balaban J connectivity index is 1.44. The number of hydrogen-bond acceptors (Lipinski definition) is 9. The third-order valence-corrected chi connectivity index (χ3v) is 7.33. The molecule has 5 rings (SSSR count). The molecule has 3 heterocycles. The number of carbonyl (C=O) groups is 2. The van der Waals surface area contributed by atoms with E-state index < -0.39 is 5.91 Å². The molecule has 218 valence electrons. The van der Waals surface area contributed by atoms with E-state index in [0.717, 1.165) is 37.4 Å². The minimum Gasteiger partial charge on any atom is -0.495 e. The molecular weight excluding hydrogens is 558 g/mol. The van der Waals surface area contributed by atoms with Gasteiger partial charge in [-0.1, -0.05) is 24.2 Å². The minimum absolute atomic E-state index is 0.147. The first-order valence-electron chi connectivity index (χ1n) is 13.3. The molecule has 1 fully saturated rings. The number of amides is 2. The molecule has 0 aliphatic carbocycles. The van der Waals surface area contributed by atoms with Crippen molar-refractivity contribution in [2.75, 3.05) is 61.2 Å². The number of carbonyl (C=O) groups excluding carboxylic acids is 2. The van der Waals surface area contributed by atoms with Crippen LogP contribution in [0, 0.1) is 0 Å². The van der Waals surface area contributed by atoms with Crippen LogP contribution in [0.15, 0.2) is 61.4 Å². The Bertz CT molecular complexity index is 1650. The number of primary amides is 1. The molecule has 2 aromatic carbocycles. The second-order valence-corrected chi connectivity index (χ2v) is 10.2. The summed E-state index contributed by atoms with van der Waals surface area (Å²) in [5.41, 5.74) is 9.24. The van der Waals surface area contributed by atoms with E-state index in [1.54, 1.807) is 36.0 Å². The van der Waals surface area contributed by atoms with Crippen molar-refractivity contribution in [3.63, 3.8) is 0 Å². The molecule has 0 atom stereocenters. The zero-order valence-corrected chi connectivity index (χ0v) is 24.1.